The van der Waals surface area contributed by atoms with Gasteiger partial charge in [-0.2, -0.15) is 0 Å². The molecule has 84 valence electrons. The van der Waals surface area contributed by atoms with E-state index in [-0.39, 0.29) is 6.10 Å². The molecule has 1 fully saturated rings. The lowest BCUT2D eigenvalue weighted by Crippen LogP contribution is -2.43. The van der Waals surface area contributed by atoms with Crippen molar-refractivity contribution in [3.63, 3.8) is 0 Å². The average molecular weight is 227 g/mol. The predicted molar refractivity (Wildman–Crippen MR) is 62.6 cm³/mol. The topological polar surface area (TPSA) is 37.4 Å². The molecule has 0 aliphatic carbocycles. The van der Waals surface area contributed by atoms with Gasteiger partial charge in [0.2, 0.25) is 0 Å². The van der Waals surface area contributed by atoms with Crippen LogP contribution in [0.3, 0.4) is 0 Å². The number of ether oxygens (including phenoxy) is 1. The summed E-state index contributed by atoms with van der Waals surface area (Å²) in [5.41, 5.74) is 1.07. The van der Waals surface area contributed by atoms with Crippen LogP contribution < -0.4 is 5.32 Å². The number of likely N-dealkylation sites (N-methyl/N-ethyl adjacent to an activating group) is 1. The quantitative estimate of drug-likeness (QED) is 0.842. The van der Waals surface area contributed by atoms with Gasteiger partial charge >= 0.3 is 0 Å². The first-order chi connectivity index (χ1) is 7.24. The van der Waals surface area contributed by atoms with Crippen molar-refractivity contribution in [1.29, 1.82) is 0 Å². The highest BCUT2D eigenvalue weighted by molar-refractivity contribution is 7.13. The Morgan fingerprint density at radius 1 is 1.73 bits per heavy atom. The van der Waals surface area contributed by atoms with E-state index in [0.717, 1.165) is 37.1 Å². The molecule has 0 saturated carbocycles. The number of rotatable bonds is 3. The second-order valence-electron chi connectivity index (χ2n) is 3.93. The molecule has 1 aliphatic rings. The van der Waals surface area contributed by atoms with E-state index in [2.05, 4.69) is 27.6 Å². The summed E-state index contributed by atoms with van der Waals surface area (Å²) in [7, 11) is 2.13. The van der Waals surface area contributed by atoms with Crippen molar-refractivity contribution in [1.82, 2.24) is 9.88 Å². The number of nitrogens with one attached hydrogen (secondary N) is 1. The maximum absolute atomic E-state index is 5.65. The molecule has 15 heavy (non-hydrogen) atoms. The molecule has 0 unspecified atom stereocenters. The van der Waals surface area contributed by atoms with Crippen LogP contribution in [-0.2, 0) is 4.74 Å². The molecule has 5 heteroatoms. The summed E-state index contributed by atoms with van der Waals surface area (Å²) >= 11 is 1.65. The molecule has 0 aromatic carbocycles. The first-order valence-corrected chi connectivity index (χ1v) is 6.08. The van der Waals surface area contributed by atoms with Gasteiger partial charge in [-0.15, -0.1) is 11.3 Å². The summed E-state index contributed by atoms with van der Waals surface area (Å²) in [6.45, 7) is 5.72. The van der Waals surface area contributed by atoms with E-state index in [1.54, 1.807) is 11.3 Å². The summed E-state index contributed by atoms with van der Waals surface area (Å²) in [6, 6.07) is 0. The molecule has 0 radical (unpaired) electrons. The lowest BCUT2D eigenvalue weighted by Gasteiger charge is -2.29. The van der Waals surface area contributed by atoms with Gasteiger partial charge in [0.05, 0.1) is 18.4 Å². The Bertz CT molecular complexity index is 315. The van der Waals surface area contributed by atoms with Gasteiger partial charge in [0, 0.05) is 25.0 Å². The number of aromatic nitrogens is 1. The molecule has 1 aromatic heterocycles. The number of hydrogen-bond donors (Lipinski definition) is 1. The van der Waals surface area contributed by atoms with E-state index in [0.29, 0.717) is 0 Å². The van der Waals surface area contributed by atoms with Gasteiger partial charge in [-0.1, -0.05) is 0 Å². The van der Waals surface area contributed by atoms with Crippen LogP contribution in [0.2, 0.25) is 0 Å². The number of anilines is 1. The van der Waals surface area contributed by atoms with Crippen molar-refractivity contribution in [2.75, 3.05) is 38.6 Å². The van der Waals surface area contributed by atoms with Gasteiger partial charge in [-0.05, 0) is 14.0 Å². The second kappa shape index (κ2) is 4.92. The maximum Gasteiger partial charge on any atom is 0.182 e. The molecule has 2 rings (SSSR count). The number of morpholine rings is 1. The molecule has 0 amide bonds. The third-order valence-corrected chi connectivity index (χ3v) is 3.36. The monoisotopic (exact) mass is 227 g/mol. The van der Waals surface area contributed by atoms with E-state index in [9.17, 15) is 0 Å². The fourth-order valence-electron chi connectivity index (χ4n) is 1.63. The smallest absolute Gasteiger partial charge is 0.182 e. The summed E-state index contributed by atoms with van der Waals surface area (Å²) in [6.07, 6.45) is 0.285. The van der Waals surface area contributed by atoms with Crippen LogP contribution in [0.15, 0.2) is 5.38 Å². The predicted octanol–water partition coefficient (Wildman–Crippen LogP) is 1.19. The zero-order valence-electron chi connectivity index (χ0n) is 9.19. The van der Waals surface area contributed by atoms with Crippen molar-refractivity contribution in [2.45, 2.75) is 13.0 Å². The molecule has 0 spiro atoms. The Balaban J connectivity index is 1.77. The Morgan fingerprint density at radius 3 is 3.27 bits per heavy atom. The van der Waals surface area contributed by atoms with Crippen molar-refractivity contribution in [3.8, 4) is 0 Å². The molecule has 2 heterocycles. The molecule has 1 atom stereocenters. The van der Waals surface area contributed by atoms with E-state index in [1.165, 1.54) is 0 Å². The minimum Gasteiger partial charge on any atom is -0.374 e. The van der Waals surface area contributed by atoms with Crippen LogP contribution in [0.5, 0.6) is 0 Å². The van der Waals surface area contributed by atoms with Crippen LogP contribution in [0.1, 0.15) is 5.69 Å². The summed E-state index contributed by atoms with van der Waals surface area (Å²) in [5, 5.41) is 6.35. The fraction of sp³-hybridized carbons (Fsp3) is 0.700. The normalized spacial score (nSPS) is 22.9. The van der Waals surface area contributed by atoms with Crippen molar-refractivity contribution >= 4 is 16.5 Å². The highest BCUT2D eigenvalue weighted by Gasteiger charge is 2.17. The molecule has 0 bridgehead atoms. The molecule has 1 N–H and O–H groups in total. The zero-order valence-corrected chi connectivity index (χ0v) is 10.0. The molecular formula is C10H17N3OS. The summed E-state index contributed by atoms with van der Waals surface area (Å²) in [5.74, 6) is 0. The summed E-state index contributed by atoms with van der Waals surface area (Å²) in [4.78, 5) is 6.65. The molecule has 1 aliphatic heterocycles. The lowest BCUT2D eigenvalue weighted by atomic mass is 10.3. The average Bonchev–Trinajstić information content (AvgIpc) is 2.62. The Labute approximate surface area is 94.3 Å². The van der Waals surface area contributed by atoms with Gasteiger partial charge in [0.15, 0.2) is 5.13 Å². The minimum atomic E-state index is 0.285. The molecule has 1 saturated heterocycles. The number of thiazole rings is 1. The third-order valence-electron chi connectivity index (χ3n) is 2.44. The highest BCUT2D eigenvalue weighted by Crippen LogP contribution is 2.14. The van der Waals surface area contributed by atoms with Crippen LogP contribution >= 0.6 is 11.3 Å². The minimum absolute atomic E-state index is 0.285. The molecular weight excluding hydrogens is 210 g/mol. The van der Waals surface area contributed by atoms with Crippen molar-refractivity contribution in [3.05, 3.63) is 11.1 Å². The Hall–Kier alpha value is -0.650. The maximum atomic E-state index is 5.65. The van der Waals surface area contributed by atoms with Crippen molar-refractivity contribution < 1.29 is 4.74 Å². The Morgan fingerprint density at radius 2 is 2.60 bits per heavy atom. The van der Waals surface area contributed by atoms with E-state index in [1.807, 2.05) is 6.92 Å². The van der Waals surface area contributed by atoms with Crippen LogP contribution in [0, 0.1) is 6.92 Å². The van der Waals surface area contributed by atoms with Gasteiger partial charge in [0.1, 0.15) is 0 Å². The van der Waals surface area contributed by atoms with Crippen LogP contribution in [-0.4, -0.2) is 49.3 Å². The van der Waals surface area contributed by atoms with Crippen LogP contribution in [0.25, 0.3) is 0 Å². The van der Waals surface area contributed by atoms with Gasteiger partial charge in [0.25, 0.3) is 0 Å². The molecule has 4 nitrogen and oxygen atoms in total. The first-order valence-electron chi connectivity index (χ1n) is 5.20. The Kier molecular flexibility index (Phi) is 3.56. The van der Waals surface area contributed by atoms with E-state index >= 15 is 0 Å². The zero-order chi connectivity index (χ0) is 10.7. The van der Waals surface area contributed by atoms with Crippen LogP contribution in [0.4, 0.5) is 5.13 Å². The van der Waals surface area contributed by atoms with Gasteiger partial charge in [-0.3, -0.25) is 0 Å². The van der Waals surface area contributed by atoms with Gasteiger partial charge in [-0.25, -0.2) is 4.98 Å². The number of aryl methyl sites for hydroxylation is 1. The SMILES string of the molecule is Cc1csc(NC[C@H]2CN(C)CCO2)n1. The lowest BCUT2D eigenvalue weighted by molar-refractivity contribution is -0.0117. The first kappa shape index (κ1) is 10.9. The highest BCUT2D eigenvalue weighted by atomic mass is 32.1. The van der Waals surface area contributed by atoms with E-state index in [4.69, 9.17) is 4.74 Å². The van der Waals surface area contributed by atoms with Crippen molar-refractivity contribution in [2.24, 2.45) is 0 Å². The summed E-state index contributed by atoms with van der Waals surface area (Å²) < 4.78 is 5.65. The fourth-order valence-corrected chi connectivity index (χ4v) is 2.32. The van der Waals surface area contributed by atoms with Gasteiger partial charge < -0.3 is 15.0 Å². The largest absolute Gasteiger partial charge is 0.374 e. The standard InChI is InChI=1S/C10H17N3OS/c1-8-7-15-10(12-8)11-5-9-6-13(2)3-4-14-9/h7,9H,3-6H2,1-2H3,(H,11,12)/t9-/m0/s1. The third kappa shape index (κ3) is 3.15. The second-order valence-corrected chi connectivity index (χ2v) is 4.79. The number of nitrogens with zero attached hydrogens (tertiary/aromatic N) is 2. The van der Waals surface area contributed by atoms with E-state index < -0.39 is 0 Å². The molecule has 1 aromatic rings. The number of hydrogen-bond acceptors (Lipinski definition) is 5.